The zero-order valence-electron chi connectivity index (χ0n) is 23.3. The van der Waals surface area contributed by atoms with Gasteiger partial charge in [0.05, 0.1) is 28.4 Å². The smallest absolute Gasteiger partial charge is 0.313 e. The number of aromatic nitrogens is 1. The molecular weight excluding hydrogens is 546 g/mol. The summed E-state index contributed by atoms with van der Waals surface area (Å²) in [5, 5.41) is 0. The highest BCUT2D eigenvalue weighted by Gasteiger charge is 2.41. The predicted octanol–water partition coefficient (Wildman–Crippen LogP) is 8.26. The first-order valence-electron chi connectivity index (χ1n) is 12.4. The first-order chi connectivity index (χ1) is 18.2. The summed E-state index contributed by atoms with van der Waals surface area (Å²) in [5.41, 5.74) is 1.24. The van der Waals surface area contributed by atoms with E-state index in [9.17, 15) is 31.1 Å². The monoisotopic (exact) mass is 576 g/mol. The van der Waals surface area contributed by atoms with Gasteiger partial charge in [-0.3, -0.25) is 4.79 Å². The molecule has 212 valence electrons. The average molecular weight is 577 g/mol. The molecule has 1 amide bonds. The van der Waals surface area contributed by atoms with E-state index in [0.29, 0.717) is 29.1 Å². The Hall–Kier alpha value is -3.58. The summed E-state index contributed by atoms with van der Waals surface area (Å²) in [6.45, 7) is 10.8. The van der Waals surface area contributed by atoms with Crippen LogP contribution in [0.25, 0.3) is 11.1 Å². The first kappa shape index (κ1) is 31.0. The van der Waals surface area contributed by atoms with Gasteiger partial charge >= 0.3 is 12.4 Å². The number of pyridine rings is 1. The van der Waals surface area contributed by atoms with Gasteiger partial charge in [0, 0.05) is 12.6 Å². The molecule has 3 aromatic rings. The highest BCUT2D eigenvalue weighted by molar-refractivity contribution is 6.83. The van der Waals surface area contributed by atoms with E-state index in [1.165, 1.54) is 32.0 Å². The molecule has 10 heteroatoms. The number of amides is 1. The minimum absolute atomic E-state index is 0.0498. The van der Waals surface area contributed by atoms with Gasteiger partial charge in [-0.1, -0.05) is 49.8 Å². The van der Waals surface area contributed by atoms with Crippen molar-refractivity contribution in [3.63, 3.8) is 0 Å². The molecule has 0 bridgehead atoms. The number of anilines is 1. The third-order valence-electron chi connectivity index (χ3n) is 6.39. The fourth-order valence-corrected chi connectivity index (χ4v) is 4.60. The summed E-state index contributed by atoms with van der Waals surface area (Å²) in [5.74, 6) is 2.38. The molecule has 1 aromatic heterocycles. The van der Waals surface area contributed by atoms with Crippen molar-refractivity contribution in [3.05, 3.63) is 82.7 Å². The second kappa shape index (κ2) is 10.8. The Bertz CT molecular complexity index is 1460. The van der Waals surface area contributed by atoms with Gasteiger partial charge in [-0.15, -0.1) is 5.54 Å². The average Bonchev–Trinajstić information content (AvgIpc) is 2.85. The van der Waals surface area contributed by atoms with E-state index in [1.807, 2.05) is 31.2 Å². The summed E-state index contributed by atoms with van der Waals surface area (Å²) < 4.78 is 81.1. The van der Waals surface area contributed by atoms with Crippen LogP contribution >= 0.6 is 0 Å². The van der Waals surface area contributed by atoms with Crippen molar-refractivity contribution in [1.82, 2.24) is 4.98 Å². The summed E-state index contributed by atoms with van der Waals surface area (Å²) in [6, 6.07) is 10.4. The van der Waals surface area contributed by atoms with E-state index in [2.05, 4.69) is 36.1 Å². The molecule has 3 nitrogen and oxygen atoms in total. The minimum Gasteiger partial charge on any atom is -0.313 e. The van der Waals surface area contributed by atoms with Crippen molar-refractivity contribution in [2.75, 3.05) is 11.9 Å². The van der Waals surface area contributed by atoms with Gasteiger partial charge < -0.3 is 4.90 Å². The second-order valence-corrected chi connectivity index (χ2v) is 15.9. The third-order valence-corrected chi connectivity index (χ3v) is 7.27. The maximum atomic E-state index is 13.8. The zero-order chi connectivity index (χ0) is 30.3. The number of aryl methyl sites for hydroxylation is 1. The van der Waals surface area contributed by atoms with E-state index < -0.39 is 48.4 Å². The van der Waals surface area contributed by atoms with Crippen molar-refractivity contribution >= 4 is 19.7 Å². The molecule has 0 atom stereocenters. The van der Waals surface area contributed by atoms with E-state index in [1.54, 1.807) is 6.07 Å². The number of carbonyl (C=O) groups is 1. The van der Waals surface area contributed by atoms with Crippen LogP contribution in [0.1, 0.15) is 41.8 Å². The Morgan fingerprint density at radius 2 is 1.38 bits per heavy atom. The maximum Gasteiger partial charge on any atom is 0.416 e. The summed E-state index contributed by atoms with van der Waals surface area (Å²) in [7, 11) is -0.300. The topological polar surface area (TPSA) is 33.2 Å². The quantitative estimate of drug-likeness (QED) is 0.178. The summed E-state index contributed by atoms with van der Waals surface area (Å²) in [6.07, 6.45) is -8.61. The number of rotatable bonds is 4. The zero-order valence-corrected chi connectivity index (χ0v) is 24.3. The molecule has 0 aliphatic carbocycles. The van der Waals surface area contributed by atoms with Gasteiger partial charge in [0.1, 0.15) is 13.8 Å². The Labute approximate surface area is 231 Å². The largest absolute Gasteiger partial charge is 0.416 e. The molecule has 3 rings (SSSR count). The van der Waals surface area contributed by atoms with Crippen LogP contribution in [0.3, 0.4) is 0 Å². The van der Waals surface area contributed by atoms with E-state index in [0.717, 1.165) is 11.1 Å². The van der Waals surface area contributed by atoms with E-state index in [4.69, 9.17) is 0 Å². The third kappa shape index (κ3) is 6.94. The molecule has 2 aromatic carbocycles. The van der Waals surface area contributed by atoms with Crippen LogP contribution in [0.5, 0.6) is 0 Å². The van der Waals surface area contributed by atoms with Gasteiger partial charge in [-0.25, -0.2) is 4.98 Å². The normalized spacial score (nSPS) is 12.5. The fourth-order valence-electron chi connectivity index (χ4n) is 4.09. The lowest BCUT2D eigenvalue weighted by Gasteiger charge is -2.32. The van der Waals surface area contributed by atoms with E-state index >= 15 is 0 Å². The van der Waals surface area contributed by atoms with Gasteiger partial charge in [0.15, 0.2) is 0 Å². The number of likely N-dealkylation sites (N-methyl/N-ethyl adjacent to an activating group) is 1. The SMILES string of the molecule is Cc1ccccc1-c1cc(C#C[Si](C)(C)C)ncc1N(C)C(=O)C(C)(C)c1cc(C(F)(F)F)cc(C(F)(F)F)c1. The molecule has 0 radical (unpaired) electrons. The van der Waals surface area contributed by atoms with Crippen molar-refractivity contribution in [2.24, 2.45) is 0 Å². The van der Waals surface area contributed by atoms with Crippen LogP contribution < -0.4 is 4.90 Å². The fraction of sp³-hybridized carbons (Fsp3) is 0.333. The van der Waals surface area contributed by atoms with Crippen LogP contribution in [0.2, 0.25) is 19.6 Å². The Morgan fingerprint density at radius 3 is 1.88 bits per heavy atom. The molecule has 0 saturated heterocycles. The van der Waals surface area contributed by atoms with Crippen molar-refractivity contribution in [1.29, 1.82) is 0 Å². The standard InChI is InChI=1S/C30H30F6N2OSi/c1-19-10-8-9-11-24(19)25-17-23(12-13-40(5,6)7)37-18-26(25)38(4)27(39)28(2,3)20-14-21(29(31,32)33)16-22(15-20)30(34,35)36/h8-11,14-18H,1-7H3. The number of hydrogen-bond acceptors (Lipinski definition) is 2. The van der Waals surface area contributed by atoms with Gasteiger partial charge in [0.2, 0.25) is 5.91 Å². The highest BCUT2D eigenvalue weighted by Crippen LogP contribution is 2.40. The van der Waals surface area contributed by atoms with Crippen LogP contribution in [0, 0.1) is 18.4 Å². The van der Waals surface area contributed by atoms with Crippen molar-refractivity contribution in [3.8, 4) is 22.6 Å². The van der Waals surface area contributed by atoms with Crippen molar-refractivity contribution in [2.45, 2.75) is 58.2 Å². The number of halogens is 6. The first-order valence-corrected chi connectivity index (χ1v) is 15.9. The predicted molar refractivity (Wildman–Crippen MR) is 148 cm³/mol. The molecule has 1 heterocycles. The minimum atomic E-state index is -5.03. The molecular formula is C30H30F6N2OSi. The molecule has 0 N–H and O–H groups in total. The summed E-state index contributed by atoms with van der Waals surface area (Å²) in [4.78, 5) is 19.4. The van der Waals surface area contributed by atoms with Gasteiger partial charge in [-0.05, 0) is 61.7 Å². The van der Waals surface area contributed by atoms with Crippen LogP contribution in [0.15, 0.2) is 54.7 Å². The van der Waals surface area contributed by atoms with Crippen molar-refractivity contribution < 1.29 is 31.1 Å². The van der Waals surface area contributed by atoms with Crippen LogP contribution in [0.4, 0.5) is 32.0 Å². The lowest BCUT2D eigenvalue weighted by molar-refractivity contribution is -0.143. The Kier molecular flexibility index (Phi) is 8.33. The molecule has 0 unspecified atom stereocenters. The maximum absolute atomic E-state index is 13.8. The van der Waals surface area contributed by atoms with Crippen LogP contribution in [-0.4, -0.2) is 26.0 Å². The number of carbonyl (C=O) groups excluding carboxylic acids is 1. The van der Waals surface area contributed by atoms with Crippen LogP contribution in [-0.2, 0) is 22.6 Å². The Morgan fingerprint density at radius 1 is 0.850 bits per heavy atom. The molecule has 40 heavy (non-hydrogen) atoms. The van der Waals surface area contributed by atoms with Gasteiger partial charge in [0.25, 0.3) is 0 Å². The number of nitrogens with zero attached hydrogens (tertiary/aromatic N) is 2. The second-order valence-electron chi connectivity index (χ2n) is 11.2. The molecule has 0 spiro atoms. The highest BCUT2D eigenvalue weighted by atomic mass is 28.3. The molecule has 0 aliphatic heterocycles. The summed E-state index contributed by atoms with van der Waals surface area (Å²) >= 11 is 0. The molecule has 0 saturated carbocycles. The molecule has 0 aliphatic rings. The number of alkyl halides is 6. The lowest BCUT2D eigenvalue weighted by atomic mass is 9.81. The number of hydrogen-bond donors (Lipinski definition) is 0. The lowest BCUT2D eigenvalue weighted by Crippen LogP contribution is -2.42. The molecule has 0 fully saturated rings. The van der Waals surface area contributed by atoms with E-state index in [-0.39, 0.29) is 6.07 Å². The number of benzene rings is 2. The van der Waals surface area contributed by atoms with Gasteiger partial charge in [-0.2, -0.15) is 26.3 Å². The Balaban J connectivity index is 2.17.